The third kappa shape index (κ3) is 71.7. The first-order chi connectivity index (χ1) is 42.5. The minimum Gasteiger partial charge on any atom is -0.466 e. The van der Waals surface area contributed by atoms with Gasteiger partial charge in [0.25, 0.3) is 0 Å². The number of allylic oxidation sites excluding steroid dienone is 1. The Morgan fingerprint density at radius 3 is 0.791 bits per heavy atom. The fraction of sp³-hybridized carbons (Fsp3) is 0.950. The summed E-state index contributed by atoms with van der Waals surface area (Å²) in [5, 5.41) is 23.3. The van der Waals surface area contributed by atoms with Crippen molar-refractivity contribution in [1.82, 2.24) is 5.32 Å². The van der Waals surface area contributed by atoms with Crippen molar-refractivity contribution >= 4 is 11.9 Å². The Morgan fingerprint density at radius 1 is 0.314 bits per heavy atom. The van der Waals surface area contributed by atoms with Crippen LogP contribution in [0.4, 0.5) is 0 Å². The van der Waals surface area contributed by atoms with Crippen molar-refractivity contribution in [3.05, 3.63) is 12.2 Å². The Labute approximate surface area is 539 Å². The van der Waals surface area contributed by atoms with E-state index in [0.717, 1.165) is 38.5 Å². The van der Waals surface area contributed by atoms with E-state index in [9.17, 15) is 19.8 Å². The largest absolute Gasteiger partial charge is 0.466 e. The Morgan fingerprint density at radius 2 is 0.535 bits per heavy atom. The van der Waals surface area contributed by atoms with Gasteiger partial charge in [0.05, 0.1) is 25.4 Å². The SMILES string of the molecule is CCCCCCCCCCCCCCCCCCCCCCCC/C=C/C(O)C(CO)NC(=O)CCCCCCCCCCCCCCCCCCCCCCCCCCCCCCCCCOC(=O)CCCCCCCCCCCCCCCC. The van der Waals surface area contributed by atoms with Crippen molar-refractivity contribution in [2.45, 2.75) is 475 Å². The van der Waals surface area contributed by atoms with Crippen molar-refractivity contribution in [2.75, 3.05) is 13.2 Å². The van der Waals surface area contributed by atoms with Crippen molar-refractivity contribution in [3.63, 3.8) is 0 Å². The number of rotatable bonds is 76. The number of hydrogen-bond acceptors (Lipinski definition) is 5. The Kier molecular flexibility index (Phi) is 74.8. The molecular formula is C80H157NO5. The molecule has 0 spiro atoms. The third-order valence-corrected chi connectivity index (χ3v) is 19.1. The van der Waals surface area contributed by atoms with Gasteiger partial charge in [-0.3, -0.25) is 9.59 Å². The predicted octanol–water partition coefficient (Wildman–Crippen LogP) is 26.3. The second-order valence-electron chi connectivity index (χ2n) is 27.8. The molecule has 0 radical (unpaired) electrons. The van der Waals surface area contributed by atoms with E-state index in [4.69, 9.17) is 4.74 Å². The molecule has 0 heterocycles. The lowest BCUT2D eigenvalue weighted by Crippen LogP contribution is -2.45. The van der Waals surface area contributed by atoms with E-state index in [-0.39, 0.29) is 18.5 Å². The molecule has 0 aliphatic rings. The molecule has 0 aliphatic carbocycles. The maximum absolute atomic E-state index is 12.6. The van der Waals surface area contributed by atoms with Gasteiger partial charge in [-0.1, -0.05) is 431 Å². The van der Waals surface area contributed by atoms with Gasteiger partial charge in [0.1, 0.15) is 0 Å². The summed E-state index contributed by atoms with van der Waals surface area (Å²) < 4.78 is 5.50. The number of carbonyl (C=O) groups excluding carboxylic acids is 2. The molecule has 2 atom stereocenters. The van der Waals surface area contributed by atoms with Crippen molar-refractivity contribution in [3.8, 4) is 0 Å². The molecular weight excluding hydrogens is 1050 g/mol. The third-order valence-electron chi connectivity index (χ3n) is 19.1. The lowest BCUT2D eigenvalue weighted by Gasteiger charge is -2.20. The summed E-state index contributed by atoms with van der Waals surface area (Å²) in [5.74, 6) is -0.0340. The highest BCUT2D eigenvalue weighted by molar-refractivity contribution is 5.76. The number of amides is 1. The van der Waals surface area contributed by atoms with Crippen molar-refractivity contribution in [1.29, 1.82) is 0 Å². The van der Waals surface area contributed by atoms with E-state index in [1.807, 2.05) is 6.08 Å². The number of ether oxygens (including phenoxy) is 1. The van der Waals surface area contributed by atoms with Crippen LogP contribution in [0.1, 0.15) is 463 Å². The van der Waals surface area contributed by atoms with E-state index >= 15 is 0 Å². The second kappa shape index (κ2) is 76.1. The van der Waals surface area contributed by atoms with E-state index in [0.29, 0.717) is 19.4 Å². The van der Waals surface area contributed by atoms with Gasteiger partial charge in [0.2, 0.25) is 5.91 Å². The first-order valence-corrected chi connectivity index (χ1v) is 40.0. The van der Waals surface area contributed by atoms with Crippen LogP contribution < -0.4 is 5.32 Å². The summed E-state index contributed by atoms with van der Waals surface area (Å²) in [6.45, 7) is 4.97. The molecule has 0 aliphatic heterocycles. The zero-order valence-corrected chi connectivity index (χ0v) is 58.8. The van der Waals surface area contributed by atoms with Crippen molar-refractivity contribution in [2.24, 2.45) is 0 Å². The van der Waals surface area contributed by atoms with Gasteiger partial charge in [-0.2, -0.15) is 0 Å². The van der Waals surface area contributed by atoms with Crippen LogP contribution in [0.5, 0.6) is 0 Å². The van der Waals surface area contributed by atoms with Gasteiger partial charge < -0.3 is 20.3 Å². The minimum atomic E-state index is -0.842. The molecule has 6 nitrogen and oxygen atoms in total. The average Bonchev–Trinajstić information content (AvgIpc) is 3.58. The van der Waals surface area contributed by atoms with E-state index in [1.165, 1.54) is 398 Å². The number of aliphatic hydroxyl groups excluding tert-OH is 2. The maximum Gasteiger partial charge on any atom is 0.305 e. The van der Waals surface area contributed by atoms with Crippen LogP contribution in [0.3, 0.4) is 0 Å². The number of unbranched alkanes of at least 4 members (excludes halogenated alkanes) is 65. The Bertz CT molecular complexity index is 1300. The van der Waals surface area contributed by atoms with Crippen molar-refractivity contribution < 1.29 is 24.5 Å². The van der Waals surface area contributed by atoms with E-state index in [2.05, 4.69) is 19.2 Å². The summed E-state index contributed by atoms with van der Waals surface area (Å²) in [6.07, 6.45) is 96.2. The van der Waals surface area contributed by atoms with Crippen LogP contribution in [0, 0.1) is 0 Å². The highest BCUT2D eigenvalue weighted by Crippen LogP contribution is 2.20. The molecule has 2 unspecified atom stereocenters. The summed E-state index contributed by atoms with van der Waals surface area (Å²) in [4.78, 5) is 24.6. The standard InChI is InChI=1S/C80H157NO5/c1-3-5-7-9-11-13-15-17-19-20-21-22-23-33-36-39-42-45-48-52-56-60-64-68-72-78(83)77(76-82)81-79(84)73-69-65-61-57-53-49-46-43-40-37-34-31-29-27-25-24-26-28-30-32-35-38-41-44-47-51-55-59-63-67-71-75-86-80(85)74-70-66-62-58-54-50-18-16-14-12-10-8-6-4-2/h68,72,77-78,82-83H,3-67,69-71,73-76H2,1-2H3,(H,81,84)/b72-68+. The molecule has 0 aromatic rings. The molecule has 512 valence electrons. The average molecular weight is 1210 g/mol. The molecule has 0 saturated carbocycles. The van der Waals surface area contributed by atoms with Gasteiger partial charge in [-0.15, -0.1) is 0 Å². The van der Waals surface area contributed by atoms with Gasteiger partial charge >= 0.3 is 5.97 Å². The highest BCUT2D eigenvalue weighted by Gasteiger charge is 2.18. The number of esters is 1. The molecule has 0 rings (SSSR count). The first-order valence-electron chi connectivity index (χ1n) is 40.0. The van der Waals surface area contributed by atoms with Gasteiger partial charge in [0, 0.05) is 12.8 Å². The lowest BCUT2D eigenvalue weighted by molar-refractivity contribution is -0.143. The monoisotopic (exact) mass is 1210 g/mol. The van der Waals surface area contributed by atoms with Crippen LogP contribution in [0.15, 0.2) is 12.2 Å². The molecule has 0 fully saturated rings. The van der Waals surface area contributed by atoms with Gasteiger partial charge in [-0.25, -0.2) is 0 Å². The quantitative estimate of drug-likeness (QED) is 0.0320. The second-order valence-corrected chi connectivity index (χ2v) is 27.8. The first kappa shape index (κ1) is 84.6. The van der Waals surface area contributed by atoms with Crippen LogP contribution in [-0.2, 0) is 14.3 Å². The summed E-state index contributed by atoms with van der Waals surface area (Å²) in [7, 11) is 0. The van der Waals surface area contributed by atoms with Crippen LogP contribution >= 0.6 is 0 Å². The van der Waals surface area contributed by atoms with Crippen LogP contribution in [0.25, 0.3) is 0 Å². The summed E-state index contributed by atoms with van der Waals surface area (Å²) in [6, 6.07) is -0.625. The number of hydrogen-bond donors (Lipinski definition) is 3. The normalized spacial score (nSPS) is 12.5. The van der Waals surface area contributed by atoms with Crippen LogP contribution in [0.2, 0.25) is 0 Å². The summed E-state index contributed by atoms with van der Waals surface area (Å²) >= 11 is 0. The van der Waals surface area contributed by atoms with Gasteiger partial charge in [-0.05, 0) is 32.1 Å². The predicted molar refractivity (Wildman–Crippen MR) is 380 cm³/mol. The molecule has 1 amide bonds. The molecule has 6 heteroatoms. The fourth-order valence-electron chi connectivity index (χ4n) is 13.0. The fourth-order valence-corrected chi connectivity index (χ4v) is 13.0. The number of aliphatic hydroxyl groups is 2. The number of nitrogens with one attached hydrogen (secondary N) is 1. The van der Waals surface area contributed by atoms with E-state index < -0.39 is 12.1 Å². The highest BCUT2D eigenvalue weighted by atomic mass is 16.5. The molecule has 0 bridgehead atoms. The maximum atomic E-state index is 12.6. The molecule has 86 heavy (non-hydrogen) atoms. The molecule has 0 aromatic heterocycles. The Hall–Kier alpha value is -1.40. The summed E-state index contributed by atoms with van der Waals surface area (Å²) in [5.41, 5.74) is 0. The Balaban J connectivity index is 3.35. The lowest BCUT2D eigenvalue weighted by atomic mass is 10.0. The van der Waals surface area contributed by atoms with E-state index in [1.54, 1.807) is 6.08 Å². The minimum absolute atomic E-state index is 0.0240. The number of carbonyl (C=O) groups is 2. The topological polar surface area (TPSA) is 95.9 Å². The molecule has 0 aromatic carbocycles. The van der Waals surface area contributed by atoms with Crippen LogP contribution in [-0.4, -0.2) is 47.4 Å². The smallest absolute Gasteiger partial charge is 0.305 e. The molecule has 0 saturated heterocycles. The zero-order valence-electron chi connectivity index (χ0n) is 58.8. The van der Waals surface area contributed by atoms with Gasteiger partial charge in [0.15, 0.2) is 0 Å². The zero-order chi connectivity index (χ0) is 62.0. The molecule has 3 N–H and O–H groups in total.